The van der Waals surface area contributed by atoms with Crippen LogP contribution in [0.3, 0.4) is 0 Å². The van der Waals surface area contributed by atoms with E-state index in [0.717, 1.165) is 0 Å². The van der Waals surface area contributed by atoms with Gasteiger partial charge in [0.25, 0.3) is 11.8 Å². The highest BCUT2D eigenvalue weighted by Gasteiger charge is 2.35. The van der Waals surface area contributed by atoms with Gasteiger partial charge in [-0.3, -0.25) is 24.7 Å². The Morgan fingerprint density at radius 3 is 2.41 bits per heavy atom. The van der Waals surface area contributed by atoms with Gasteiger partial charge in [0.2, 0.25) is 5.91 Å². The maximum atomic E-state index is 12.2. The Bertz CT molecular complexity index is 596. The van der Waals surface area contributed by atoms with E-state index in [-0.39, 0.29) is 42.9 Å². The van der Waals surface area contributed by atoms with Crippen LogP contribution in [0, 0.1) is 0 Å². The van der Waals surface area contributed by atoms with Crippen LogP contribution in [0.5, 0.6) is 0 Å². The molecule has 2 atom stereocenters. The van der Waals surface area contributed by atoms with Crippen LogP contribution < -0.4 is 16.2 Å². The van der Waals surface area contributed by atoms with Gasteiger partial charge >= 0.3 is 0 Å². The SMILES string of the molecule is CC1CC(C(=O)NCCN2C(=O)c3ccccc3C2=O)NN1. The predicted octanol–water partition coefficient (Wildman–Crippen LogP) is -0.346. The number of amides is 3. The number of hydrogen-bond acceptors (Lipinski definition) is 5. The van der Waals surface area contributed by atoms with Crippen molar-refractivity contribution in [3.63, 3.8) is 0 Å². The lowest BCUT2D eigenvalue weighted by Gasteiger charge is -2.15. The number of carbonyl (C=O) groups excluding carboxylic acids is 3. The lowest BCUT2D eigenvalue weighted by molar-refractivity contribution is -0.122. The van der Waals surface area contributed by atoms with E-state index in [0.29, 0.717) is 17.5 Å². The molecule has 22 heavy (non-hydrogen) atoms. The minimum Gasteiger partial charge on any atom is -0.353 e. The fourth-order valence-electron chi connectivity index (χ4n) is 2.74. The number of nitrogens with zero attached hydrogens (tertiary/aromatic N) is 1. The number of hydrazine groups is 1. The average molecular weight is 302 g/mol. The number of nitrogens with one attached hydrogen (secondary N) is 3. The average Bonchev–Trinajstić information content (AvgIpc) is 3.05. The Morgan fingerprint density at radius 2 is 1.86 bits per heavy atom. The van der Waals surface area contributed by atoms with Crippen LogP contribution in [0.2, 0.25) is 0 Å². The highest BCUT2D eigenvalue weighted by atomic mass is 16.2. The highest BCUT2D eigenvalue weighted by Crippen LogP contribution is 2.21. The first-order chi connectivity index (χ1) is 10.6. The molecule has 1 aromatic rings. The van der Waals surface area contributed by atoms with Crippen molar-refractivity contribution < 1.29 is 14.4 Å². The molecule has 1 saturated heterocycles. The third kappa shape index (κ3) is 2.60. The van der Waals surface area contributed by atoms with Crippen LogP contribution in [-0.2, 0) is 4.79 Å². The molecule has 2 heterocycles. The van der Waals surface area contributed by atoms with Crippen LogP contribution in [-0.4, -0.2) is 47.8 Å². The normalized spacial score (nSPS) is 23.8. The van der Waals surface area contributed by atoms with Gasteiger partial charge in [-0.1, -0.05) is 12.1 Å². The van der Waals surface area contributed by atoms with E-state index in [1.807, 2.05) is 6.92 Å². The molecule has 2 aliphatic rings. The summed E-state index contributed by atoms with van der Waals surface area (Å²) in [6.07, 6.45) is 0.707. The number of carbonyl (C=O) groups is 3. The zero-order valence-electron chi connectivity index (χ0n) is 12.3. The van der Waals surface area contributed by atoms with Gasteiger partial charge in [0.1, 0.15) is 6.04 Å². The van der Waals surface area contributed by atoms with Crippen LogP contribution in [0.1, 0.15) is 34.1 Å². The van der Waals surface area contributed by atoms with Crippen LogP contribution in [0.25, 0.3) is 0 Å². The van der Waals surface area contributed by atoms with Gasteiger partial charge in [-0.05, 0) is 25.5 Å². The molecule has 3 amide bonds. The van der Waals surface area contributed by atoms with E-state index in [1.54, 1.807) is 24.3 Å². The molecule has 0 saturated carbocycles. The Kier molecular flexibility index (Phi) is 3.91. The molecule has 3 N–H and O–H groups in total. The zero-order valence-corrected chi connectivity index (χ0v) is 12.3. The molecular weight excluding hydrogens is 284 g/mol. The summed E-state index contributed by atoms with van der Waals surface area (Å²) in [7, 11) is 0. The number of fused-ring (bicyclic) bond motifs is 1. The lowest BCUT2D eigenvalue weighted by Crippen LogP contribution is -2.46. The quantitative estimate of drug-likeness (QED) is 0.662. The number of rotatable bonds is 4. The summed E-state index contributed by atoms with van der Waals surface area (Å²) in [5.74, 6) is -0.735. The van der Waals surface area contributed by atoms with Crippen LogP contribution >= 0.6 is 0 Å². The summed E-state index contributed by atoms with van der Waals surface area (Å²) in [5, 5.41) is 2.75. The van der Waals surface area contributed by atoms with E-state index >= 15 is 0 Å². The fraction of sp³-hybridized carbons (Fsp3) is 0.400. The van der Waals surface area contributed by atoms with Gasteiger partial charge in [0.15, 0.2) is 0 Å². The Labute approximate surface area is 128 Å². The van der Waals surface area contributed by atoms with Gasteiger partial charge in [0.05, 0.1) is 11.1 Å². The molecule has 116 valence electrons. The number of imide groups is 1. The molecular formula is C15H18N4O3. The van der Waals surface area contributed by atoms with Crippen molar-refractivity contribution in [3.8, 4) is 0 Å². The summed E-state index contributed by atoms with van der Waals surface area (Å²) >= 11 is 0. The van der Waals surface area contributed by atoms with Crippen molar-refractivity contribution in [1.29, 1.82) is 0 Å². The van der Waals surface area contributed by atoms with Crippen molar-refractivity contribution in [3.05, 3.63) is 35.4 Å². The van der Waals surface area contributed by atoms with Crippen molar-refractivity contribution in [2.75, 3.05) is 13.1 Å². The van der Waals surface area contributed by atoms with Gasteiger partial charge in [-0.2, -0.15) is 0 Å². The monoisotopic (exact) mass is 302 g/mol. The predicted molar refractivity (Wildman–Crippen MR) is 79.0 cm³/mol. The van der Waals surface area contributed by atoms with Crippen molar-refractivity contribution in [1.82, 2.24) is 21.1 Å². The molecule has 1 fully saturated rings. The highest BCUT2D eigenvalue weighted by molar-refractivity contribution is 6.21. The summed E-state index contributed by atoms with van der Waals surface area (Å²) in [6.45, 7) is 2.41. The smallest absolute Gasteiger partial charge is 0.261 e. The lowest BCUT2D eigenvalue weighted by atomic mass is 10.1. The number of hydrogen-bond donors (Lipinski definition) is 3. The Balaban J connectivity index is 1.54. The van der Waals surface area contributed by atoms with Gasteiger partial charge in [-0.25, -0.2) is 5.43 Å². The molecule has 7 nitrogen and oxygen atoms in total. The maximum absolute atomic E-state index is 12.2. The van der Waals surface area contributed by atoms with E-state index in [1.165, 1.54) is 4.90 Å². The summed E-state index contributed by atoms with van der Waals surface area (Å²) in [6, 6.07) is 6.71. The van der Waals surface area contributed by atoms with Gasteiger partial charge < -0.3 is 5.32 Å². The minimum absolute atomic E-state index is 0.131. The molecule has 0 aliphatic carbocycles. The third-order valence-electron chi connectivity index (χ3n) is 3.92. The Hall–Kier alpha value is -2.25. The first-order valence-corrected chi connectivity index (χ1v) is 7.32. The Morgan fingerprint density at radius 1 is 1.23 bits per heavy atom. The molecule has 7 heteroatoms. The minimum atomic E-state index is -0.302. The van der Waals surface area contributed by atoms with E-state index in [4.69, 9.17) is 0 Å². The fourth-order valence-corrected chi connectivity index (χ4v) is 2.74. The molecule has 2 unspecified atom stereocenters. The second kappa shape index (κ2) is 5.86. The standard InChI is InChI=1S/C15H18N4O3/c1-9-8-12(18-17-9)13(20)16-6-7-19-14(21)10-4-2-3-5-11(10)15(19)22/h2-5,9,12,17-18H,6-8H2,1H3,(H,16,20). The summed E-state index contributed by atoms with van der Waals surface area (Å²) in [5.41, 5.74) is 6.74. The first-order valence-electron chi connectivity index (χ1n) is 7.32. The van der Waals surface area contributed by atoms with Crippen LogP contribution in [0.4, 0.5) is 0 Å². The molecule has 0 aromatic heterocycles. The third-order valence-corrected chi connectivity index (χ3v) is 3.92. The number of benzene rings is 1. The van der Waals surface area contributed by atoms with Crippen molar-refractivity contribution in [2.24, 2.45) is 0 Å². The maximum Gasteiger partial charge on any atom is 0.261 e. The molecule has 0 bridgehead atoms. The second-order valence-electron chi connectivity index (χ2n) is 5.58. The summed E-state index contributed by atoms with van der Waals surface area (Å²) < 4.78 is 0. The topological polar surface area (TPSA) is 90.5 Å². The van der Waals surface area contributed by atoms with E-state index < -0.39 is 0 Å². The largest absolute Gasteiger partial charge is 0.353 e. The molecule has 3 rings (SSSR count). The molecule has 0 spiro atoms. The van der Waals surface area contributed by atoms with E-state index in [9.17, 15) is 14.4 Å². The molecule has 0 radical (unpaired) electrons. The summed E-state index contributed by atoms with van der Waals surface area (Å²) in [4.78, 5) is 37.4. The van der Waals surface area contributed by atoms with E-state index in [2.05, 4.69) is 16.2 Å². The molecule has 1 aromatic carbocycles. The molecule has 2 aliphatic heterocycles. The first kappa shape index (κ1) is 14.7. The van der Waals surface area contributed by atoms with Gasteiger partial charge in [-0.15, -0.1) is 0 Å². The zero-order chi connectivity index (χ0) is 15.7. The van der Waals surface area contributed by atoms with Crippen molar-refractivity contribution in [2.45, 2.75) is 25.4 Å². The van der Waals surface area contributed by atoms with Crippen molar-refractivity contribution >= 4 is 17.7 Å². The second-order valence-corrected chi connectivity index (χ2v) is 5.58. The van der Waals surface area contributed by atoms with Gasteiger partial charge in [0, 0.05) is 19.1 Å². The van der Waals surface area contributed by atoms with Crippen LogP contribution in [0.15, 0.2) is 24.3 Å².